The average Bonchev–Trinajstić information content (AvgIpc) is 2.98. The number of hydrogen-bond donors (Lipinski definition) is 1. The Morgan fingerprint density at radius 3 is 2.21 bits per heavy atom. The van der Waals surface area contributed by atoms with E-state index in [9.17, 15) is 0 Å². The van der Waals surface area contributed by atoms with Crippen molar-refractivity contribution in [1.29, 1.82) is 0 Å². The highest BCUT2D eigenvalue weighted by molar-refractivity contribution is 4.92. The van der Waals surface area contributed by atoms with Gasteiger partial charge in [0.25, 0.3) is 0 Å². The van der Waals surface area contributed by atoms with E-state index in [1.54, 1.807) is 0 Å². The molecule has 1 N–H and O–H groups in total. The molecule has 1 aliphatic carbocycles. The molecule has 0 bridgehead atoms. The monoisotopic (exact) mass is 266 g/mol. The molecule has 0 aromatic heterocycles. The van der Waals surface area contributed by atoms with E-state index in [4.69, 9.17) is 0 Å². The predicted octanol–water partition coefficient (Wildman–Crippen LogP) is 3.52. The smallest absolute Gasteiger partial charge is 0.00502 e. The minimum atomic E-state index is 0.508. The highest BCUT2D eigenvalue weighted by atomic mass is 15.2. The molecule has 1 saturated carbocycles. The molecular weight excluding hydrogens is 232 g/mol. The van der Waals surface area contributed by atoms with Crippen LogP contribution in [0.1, 0.15) is 59.3 Å². The summed E-state index contributed by atoms with van der Waals surface area (Å²) in [6.45, 7) is 13.5. The van der Waals surface area contributed by atoms with Crippen molar-refractivity contribution in [3.8, 4) is 0 Å². The SMILES string of the molecule is CCCNCC(CC)(CC)CN1CC2CCCC2C1. The lowest BCUT2D eigenvalue weighted by molar-refractivity contribution is 0.147. The number of hydrogen-bond acceptors (Lipinski definition) is 2. The van der Waals surface area contributed by atoms with Crippen LogP contribution in [0, 0.1) is 17.3 Å². The quantitative estimate of drug-likeness (QED) is 0.676. The zero-order valence-corrected chi connectivity index (χ0v) is 13.4. The van der Waals surface area contributed by atoms with Crippen LogP contribution in [0.4, 0.5) is 0 Å². The molecule has 112 valence electrons. The molecule has 1 saturated heterocycles. The van der Waals surface area contributed by atoms with Gasteiger partial charge in [0, 0.05) is 26.2 Å². The van der Waals surface area contributed by atoms with Crippen molar-refractivity contribution < 1.29 is 0 Å². The van der Waals surface area contributed by atoms with Crippen molar-refractivity contribution in [2.75, 3.05) is 32.7 Å². The van der Waals surface area contributed by atoms with Crippen molar-refractivity contribution >= 4 is 0 Å². The average molecular weight is 266 g/mol. The highest BCUT2D eigenvalue weighted by Gasteiger charge is 2.38. The summed E-state index contributed by atoms with van der Waals surface area (Å²) in [6, 6.07) is 0. The second-order valence-electron chi connectivity index (χ2n) is 7.03. The molecule has 0 aromatic rings. The minimum absolute atomic E-state index is 0.508. The number of likely N-dealkylation sites (tertiary alicyclic amines) is 1. The molecule has 0 aromatic carbocycles. The van der Waals surface area contributed by atoms with Crippen molar-refractivity contribution in [3.63, 3.8) is 0 Å². The van der Waals surface area contributed by atoms with Gasteiger partial charge in [0.05, 0.1) is 0 Å². The normalized spacial score (nSPS) is 27.9. The van der Waals surface area contributed by atoms with Gasteiger partial charge in [-0.15, -0.1) is 0 Å². The molecule has 2 rings (SSSR count). The summed E-state index contributed by atoms with van der Waals surface area (Å²) >= 11 is 0. The van der Waals surface area contributed by atoms with Gasteiger partial charge in [0.2, 0.25) is 0 Å². The van der Waals surface area contributed by atoms with Crippen LogP contribution in [0.25, 0.3) is 0 Å². The number of rotatable bonds is 8. The molecule has 2 atom stereocenters. The second-order valence-corrected chi connectivity index (χ2v) is 7.03. The van der Waals surface area contributed by atoms with Crippen LogP contribution in [-0.4, -0.2) is 37.6 Å². The molecule has 2 fully saturated rings. The number of nitrogens with zero attached hydrogens (tertiary/aromatic N) is 1. The maximum Gasteiger partial charge on any atom is 0.00502 e. The zero-order valence-electron chi connectivity index (χ0n) is 13.4. The first-order valence-electron chi connectivity index (χ1n) is 8.66. The third-order valence-electron chi connectivity index (χ3n) is 5.79. The van der Waals surface area contributed by atoms with E-state index in [0.29, 0.717) is 5.41 Å². The maximum absolute atomic E-state index is 3.68. The first-order valence-corrected chi connectivity index (χ1v) is 8.66. The van der Waals surface area contributed by atoms with Crippen molar-refractivity contribution in [3.05, 3.63) is 0 Å². The first kappa shape index (κ1) is 15.3. The van der Waals surface area contributed by atoms with E-state index >= 15 is 0 Å². The van der Waals surface area contributed by atoms with Crippen molar-refractivity contribution in [2.24, 2.45) is 17.3 Å². The van der Waals surface area contributed by atoms with E-state index < -0.39 is 0 Å². The van der Waals surface area contributed by atoms with Gasteiger partial charge in [0.15, 0.2) is 0 Å². The molecule has 2 nitrogen and oxygen atoms in total. The van der Waals surface area contributed by atoms with Gasteiger partial charge in [-0.3, -0.25) is 0 Å². The largest absolute Gasteiger partial charge is 0.316 e. The highest BCUT2D eigenvalue weighted by Crippen LogP contribution is 2.39. The zero-order chi connectivity index (χ0) is 13.7. The van der Waals surface area contributed by atoms with Gasteiger partial charge in [0.1, 0.15) is 0 Å². The standard InChI is InChI=1S/C17H34N2/c1-4-10-18-13-17(5-2,6-3)14-19-11-15-8-7-9-16(15)12-19/h15-16,18H,4-14H2,1-3H3. The number of fused-ring (bicyclic) bond motifs is 1. The maximum atomic E-state index is 3.68. The summed E-state index contributed by atoms with van der Waals surface area (Å²) in [5, 5.41) is 3.68. The third kappa shape index (κ3) is 3.72. The van der Waals surface area contributed by atoms with Crippen LogP contribution in [0.5, 0.6) is 0 Å². The Bertz CT molecular complexity index is 248. The lowest BCUT2D eigenvalue weighted by Crippen LogP contribution is -2.43. The molecule has 0 radical (unpaired) electrons. The molecule has 1 heterocycles. The van der Waals surface area contributed by atoms with Crippen LogP contribution in [-0.2, 0) is 0 Å². The molecule has 2 unspecified atom stereocenters. The van der Waals surface area contributed by atoms with Gasteiger partial charge < -0.3 is 10.2 Å². The minimum Gasteiger partial charge on any atom is -0.316 e. The topological polar surface area (TPSA) is 15.3 Å². The van der Waals surface area contributed by atoms with Gasteiger partial charge in [-0.2, -0.15) is 0 Å². The van der Waals surface area contributed by atoms with E-state index in [1.165, 1.54) is 71.2 Å². The lowest BCUT2D eigenvalue weighted by atomic mass is 9.81. The fraction of sp³-hybridized carbons (Fsp3) is 1.00. The Morgan fingerprint density at radius 2 is 1.68 bits per heavy atom. The molecule has 2 heteroatoms. The summed E-state index contributed by atoms with van der Waals surface area (Å²) in [4.78, 5) is 2.79. The summed E-state index contributed by atoms with van der Waals surface area (Å²) in [5.41, 5.74) is 0.508. The predicted molar refractivity (Wildman–Crippen MR) is 83.4 cm³/mol. The molecule has 1 aliphatic heterocycles. The van der Waals surface area contributed by atoms with Gasteiger partial charge in [-0.05, 0) is 55.9 Å². The van der Waals surface area contributed by atoms with Gasteiger partial charge in [-0.1, -0.05) is 27.2 Å². The Balaban J connectivity index is 1.85. The van der Waals surface area contributed by atoms with Crippen LogP contribution in [0.3, 0.4) is 0 Å². The van der Waals surface area contributed by atoms with E-state index in [1.807, 2.05) is 0 Å². The Kier molecular flexibility index (Phi) is 5.70. The van der Waals surface area contributed by atoms with E-state index in [-0.39, 0.29) is 0 Å². The van der Waals surface area contributed by atoms with Gasteiger partial charge >= 0.3 is 0 Å². The fourth-order valence-corrected chi connectivity index (χ4v) is 4.25. The molecule has 2 aliphatic rings. The molecule has 0 amide bonds. The van der Waals surface area contributed by atoms with Gasteiger partial charge in [-0.25, -0.2) is 0 Å². The van der Waals surface area contributed by atoms with Crippen LogP contribution in [0.2, 0.25) is 0 Å². The van der Waals surface area contributed by atoms with Crippen molar-refractivity contribution in [1.82, 2.24) is 10.2 Å². The Hall–Kier alpha value is -0.0800. The Morgan fingerprint density at radius 1 is 1.05 bits per heavy atom. The summed E-state index contributed by atoms with van der Waals surface area (Å²) < 4.78 is 0. The first-order chi connectivity index (χ1) is 9.23. The van der Waals surface area contributed by atoms with Crippen LogP contribution in [0.15, 0.2) is 0 Å². The summed E-state index contributed by atoms with van der Waals surface area (Å²) in [7, 11) is 0. The van der Waals surface area contributed by atoms with Crippen molar-refractivity contribution in [2.45, 2.75) is 59.3 Å². The molecule has 0 spiro atoms. The van der Waals surface area contributed by atoms with E-state index in [2.05, 4.69) is 31.0 Å². The number of nitrogens with one attached hydrogen (secondary N) is 1. The van der Waals surface area contributed by atoms with Crippen LogP contribution < -0.4 is 5.32 Å². The summed E-state index contributed by atoms with van der Waals surface area (Å²) in [5.74, 6) is 2.07. The lowest BCUT2D eigenvalue weighted by Gasteiger charge is -2.36. The van der Waals surface area contributed by atoms with Crippen LogP contribution >= 0.6 is 0 Å². The second kappa shape index (κ2) is 7.08. The summed E-state index contributed by atoms with van der Waals surface area (Å²) in [6.07, 6.45) is 8.37. The Labute approximate surface area is 120 Å². The van der Waals surface area contributed by atoms with E-state index in [0.717, 1.165) is 11.8 Å². The third-order valence-corrected chi connectivity index (χ3v) is 5.79. The molecule has 19 heavy (non-hydrogen) atoms. The molecular formula is C17H34N2. The fourth-order valence-electron chi connectivity index (χ4n) is 4.25.